The van der Waals surface area contributed by atoms with Gasteiger partial charge in [-0.1, -0.05) is 36.8 Å². The first kappa shape index (κ1) is 23.7. The van der Waals surface area contributed by atoms with Crippen molar-refractivity contribution in [2.45, 2.75) is 46.1 Å². The highest BCUT2D eigenvalue weighted by molar-refractivity contribution is 14.0. The van der Waals surface area contributed by atoms with E-state index in [1.807, 2.05) is 32.7 Å². The molecule has 25 heavy (non-hydrogen) atoms. The molecule has 2 N–H and O–H groups in total. The molecular formula is C19H33IN4O. The minimum absolute atomic E-state index is 0. The van der Waals surface area contributed by atoms with Gasteiger partial charge in [-0.05, 0) is 39.2 Å². The fourth-order valence-electron chi connectivity index (χ4n) is 2.39. The Labute approximate surface area is 169 Å². The molecule has 142 valence electrons. The van der Waals surface area contributed by atoms with E-state index < -0.39 is 0 Å². The topological polar surface area (TPSA) is 56.7 Å². The van der Waals surface area contributed by atoms with Crippen molar-refractivity contribution in [3.8, 4) is 0 Å². The van der Waals surface area contributed by atoms with Crippen molar-refractivity contribution in [3.63, 3.8) is 0 Å². The summed E-state index contributed by atoms with van der Waals surface area (Å²) in [6.45, 7) is 11.2. The second-order valence-electron chi connectivity index (χ2n) is 7.39. The van der Waals surface area contributed by atoms with Crippen molar-refractivity contribution in [1.82, 2.24) is 15.5 Å². The number of likely N-dealkylation sites (N-methyl/N-ethyl adjacent to an activating group) is 1. The molecule has 0 saturated carbocycles. The van der Waals surface area contributed by atoms with Gasteiger partial charge in [-0.2, -0.15) is 0 Å². The quantitative estimate of drug-likeness (QED) is 0.403. The van der Waals surface area contributed by atoms with Crippen LogP contribution in [-0.2, 0) is 4.79 Å². The van der Waals surface area contributed by atoms with E-state index in [-0.39, 0.29) is 42.0 Å². The maximum Gasteiger partial charge on any atom is 0.240 e. The fraction of sp³-hybridized carbons (Fsp3) is 0.579. The number of rotatable bonds is 5. The summed E-state index contributed by atoms with van der Waals surface area (Å²) in [6, 6.07) is 8.57. The summed E-state index contributed by atoms with van der Waals surface area (Å²) >= 11 is 0. The van der Waals surface area contributed by atoms with Gasteiger partial charge in [-0.25, -0.2) is 0 Å². The van der Waals surface area contributed by atoms with Gasteiger partial charge >= 0.3 is 0 Å². The molecule has 6 heteroatoms. The standard InChI is InChI=1S/C19H32N4O.HI/c1-14-8-10-16(11-9-14)15(2)12-21-18(20-6)23(7)13-17(24)22-19(3,4)5;/h8-11,15H,12-13H2,1-7H3,(H,20,21)(H,22,24);1H. The normalized spacial score (nSPS) is 12.8. The van der Waals surface area contributed by atoms with E-state index in [2.05, 4.69) is 53.7 Å². The molecular weight excluding hydrogens is 427 g/mol. The van der Waals surface area contributed by atoms with Gasteiger partial charge in [0.25, 0.3) is 0 Å². The number of carbonyl (C=O) groups excluding carboxylic acids is 1. The summed E-state index contributed by atoms with van der Waals surface area (Å²) in [4.78, 5) is 18.2. The van der Waals surface area contributed by atoms with E-state index >= 15 is 0 Å². The van der Waals surface area contributed by atoms with Gasteiger partial charge in [-0.15, -0.1) is 24.0 Å². The zero-order chi connectivity index (χ0) is 18.3. The molecule has 1 rings (SSSR count). The van der Waals surface area contributed by atoms with Crippen molar-refractivity contribution < 1.29 is 4.79 Å². The minimum atomic E-state index is -0.227. The lowest BCUT2D eigenvalue weighted by atomic mass is 10.0. The second-order valence-corrected chi connectivity index (χ2v) is 7.39. The molecule has 0 aliphatic rings. The second kappa shape index (κ2) is 10.6. The number of hydrogen-bond donors (Lipinski definition) is 2. The number of guanidine groups is 1. The third-order valence-corrected chi connectivity index (χ3v) is 3.68. The first-order valence-corrected chi connectivity index (χ1v) is 8.41. The zero-order valence-corrected chi connectivity index (χ0v) is 18.8. The lowest BCUT2D eigenvalue weighted by molar-refractivity contribution is -0.122. The van der Waals surface area contributed by atoms with Gasteiger partial charge < -0.3 is 15.5 Å². The van der Waals surface area contributed by atoms with Crippen molar-refractivity contribution in [1.29, 1.82) is 0 Å². The van der Waals surface area contributed by atoms with Gasteiger partial charge in [-0.3, -0.25) is 9.79 Å². The molecule has 1 aromatic carbocycles. The Hall–Kier alpha value is -1.31. The molecule has 5 nitrogen and oxygen atoms in total. The van der Waals surface area contributed by atoms with Crippen LogP contribution in [0.2, 0.25) is 0 Å². The monoisotopic (exact) mass is 460 g/mol. The first-order chi connectivity index (χ1) is 11.1. The molecule has 1 aromatic rings. The van der Waals surface area contributed by atoms with Gasteiger partial charge in [0.05, 0.1) is 6.54 Å². The highest BCUT2D eigenvalue weighted by atomic mass is 127. The van der Waals surface area contributed by atoms with Crippen LogP contribution in [0.1, 0.15) is 44.7 Å². The SMILES string of the molecule is CN=C(NCC(C)c1ccc(C)cc1)N(C)CC(=O)NC(C)(C)C.I. The first-order valence-electron chi connectivity index (χ1n) is 8.41. The summed E-state index contributed by atoms with van der Waals surface area (Å²) in [5, 5.41) is 6.31. The summed E-state index contributed by atoms with van der Waals surface area (Å²) in [6.07, 6.45) is 0. The number of nitrogens with zero attached hydrogens (tertiary/aromatic N) is 2. The molecule has 1 amide bonds. The van der Waals surface area contributed by atoms with Crippen molar-refractivity contribution in [2.75, 3.05) is 27.2 Å². The minimum Gasteiger partial charge on any atom is -0.356 e. The highest BCUT2D eigenvalue weighted by Crippen LogP contribution is 2.14. The van der Waals surface area contributed by atoms with Gasteiger partial charge in [0.1, 0.15) is 0 Å². The lowest BCUT2D eigenvalue weighted by Gasteiger charge is -2.26. The number of aryl methyl sites for hydroxylation is 1. The lowest BCUT2D eigenvalue weighted by Crippen LogP contribution is -2.49. The molecule has 1 atom stereocenters. The molecule has 1 unspecified atom stereocenters. The number of aliphatic imine (C=N–C) groups is 1. The van der Waals surface area contributed by atoms with Crippen LogP contribution in [-0.4, -0.2) is 49.5 Å². The van der Waals surface area contributed by atoms with Crippen LogP contribution in [0, 0.1) is 6.92 Å². The van der Waals surface area contributed by atoms with E-state index in [9.17, 15) is 4.79 Å². The van der Waals surface area contributed by atoms with Crippen LogP contribution < -0.4 is 10.6 Å². The Balaban J connectivity index is 0.00000576. The number of halogens is 1. The number of carbonyl (C=O) groups is 1. The fourth-order valence-corrected chi connectivity index (χ4v) is 2.39. The van der Waals surface area contributed by atoms with Crippen LogP contribution in [0.25, 0.3) is 0 Å². The molecule has 0 heterocycles. The molecule has 0 radical (unpaired) electrons. The number of benzene rings is 1. The summed E-state index contributed by atoms with van der Waals surface area (Å²) < 4.78 is 0. The molecule has 0 aliphatic carbocycles. The Kier molecular flexibility index (Phi) is 10.1. The highest BCUT2D eigenvalue weighted by Gasteiger charge is 2.17. The average Bonchev–Trinajstić information content (AvgIpc) is 2.46. The maximum atomic E-state index is 12.0. The Morgan fingerprint density at radius 3 is 2.28 bits per heavy atom. The van der Waals surface area contributed by atoms with E-state index in [1.165, 1.54) is 11.1 Å². The molecule has 0 spiro atoms. The Morgan fingerprint density at radius 1 is 1.24 bits per heavy atom. The molecule has 0 aliphatic heterocycles. The van der Waals surface area contributed by atoms with Crippen LogP contribution in [0.4, 0.5) is 0 Å². The van der Waals surface area contributed by atoms with Crippen LogP contribution in [0.15, 0.2) is 29.3 Å². The number of nitrogens with one attached hydrogen (secondary N) is 2. The van der Waals surface area contributed by atoms with Gasteiger partial charge in [0.15, 0.2) is 5.96 Å². The number of hydrogen-bond acceptors (Lipinski definition) is 2. The summed E-state index contributed by atoms with van der Waals surface area (Å²) in [5.74, 6) is 1.07. The van der Waals surface area contributed by atoms with Crippen molar-refractivity contribution in [3.05, 3.63) is 35.4 Å². The van der Waals surface area contributed by atoms with Crippen LogP contribution in [0.5, 0.6) is 0 Å². The Bertz CT molecular complexity index is 564. The average molecular weight is 460 g/mol. The van der Waals surface area contributed by atoms with Gasteiger partial charge in [0, 0.05) is 26.2 Å². The largest absolute Gasteiger partial charge is 0.356 e. The number of amides is 1. The third kappa shape index (κ3) is 9.09. The third-order valence-electron chi connectivity index (χ3n) is 3.68. The van der Waals surface area contributed by atoms with E-state index in [0.29, 0.717) is 5.92 Å². The summed E-state index contributed by atoms with van der Waals surface area (Å²) in [5.41, 5.74) is 2.32. The smallest absolute Gasteiger partial charge is 0.240 e. The predicted octanol–water partition coefficient (Wildman–Crippen LogP) is 3.14. The maximum absolute atomic E-state index is 12.0. The molecule has 0 fully saturated rings. The molecule has 0 bridgehead atoms. The van der Waals surface area contributed by atoms with Crippen molar-refractivity contribution >= 4 is 35.8 Å². The molecule has 0 aromatic heterocycles. The predicted molar refractivity (Wildman–Crippen MR) is 117 cm³/mol. The Morgan fingerprint density at radius 2 is 1.80 bits per heavy atom. The molecule has 0 saturated heterocycles. The van der Waals surface area contributed by atoms with E-state index in [4.69, 9.17) is 0 Å². The van der Waals surface area contributed by atoms with Crippen LogP contribution >= 0.6 is 24.0 Å². The van der Waals surface area contributed by atoms with Crippen LogP contribution in [0.3, 0.4) is 0 Å². The van der Waals surface area contributed by atoms with E-state index in [0.717, 1.165) is 12.5 Å². The summed E-state index contributed by atoms with van der Waals surface area (Å²) in [7, 11) is 3.60. The zero-order valence-electron chi connectivity index (χ0n) is 16.5. The van der Waals surface area contributed by atoms with Crippen molar-refractivity contribution in [2.24, 2.45) is 4.99 Å². The van der Waals surface area contributed by atoms with Gasteiger partial charge in [0.2, 0.25) is 5.91 Å². The van der Waals surface area contributed by atoms with E-state index in [1.54, 1.807) is 7.05 Å².